The summed E-state index contributed by atoms with van der Waals surface area (Å²) in [7, 11) is 0. The fourth-order valence-electron chi connectivity index (χ4n) is 5.42. The van der Waals surface area contributed by atoms with Crippen molar-refractivity contribution in [2.24, 2.45) is 23.7 Å². The lowest BCUT2D eigenvalue weighted by molar-refractivity contribution is -0.123. The molecule has 3 fully saturated rings. The van der Waals surface area contributed by atoms with Gasteiger partial charge in [0, 0.05) is 0 Å². The lowest BCUT2D eigenvalue weighted by Crippen LogP contribution is -2.32. The fraction of sp³-hybridized carbons (Fsp3) is 0.333. The van der Waals surface area contributed by atoms with Crippen LogP contribution in [0.5, 0.6) is 0 Å². The Morgan fingerprint density at radius 1 is 0.846 bits per heavy atom. The van der Waals surface area contributed by atoms with Gasteiger partial charge in [-0.2, -0.15) is 0 Å². The van der Waals surface area contributed by atoms with E-state index in [0.29, 0.717) is 27.6 Å². The largest absolute Gasteiger partial charge is 0.274 e. The van der Waals surface area contributed by atoms with Gasteiger partial charge in [-0.15, -0.1) is 0 Å². The van der Waals surface area contributed by atoms with E-state index in [0.717, 1.165) is 12.8 Å². The first-order valence-electron chi connectivity index (χ1n) is 8.94. The minimum Gasteiger partial charge on any atom is -0.274 e. The van der Waals surface area contributed by atoms with Gasteiger partial charge >= 0.3 is 0 Å². The Morgan fingerprint density at radius 2 is 1.58 bits per heavy atom. The number of anilines is 1. The first-order chi connectivity index (χ1) is 12.6. The van der Waals surface area contributed by atoms with Crippen LogP contribution in [0.2, 0.25) is 10.0 Å². The molecule has 2 aromatic rings. The molecule has 2 amide bonds. The number of carbonyl (C=O) groups excluding carboxylic acids is 2. The molecule has 2 aliphatic carbocycles. The van der Waals surface area contributed by atoms with E-state index in [2.05, 4.69) is 12.1 Å². The molecule has 132 valence electrons. The van der Waals surface area contributed by atoms with E-state index in [9.17, 15) is 9.59 Å². The molecule has 2 aromatic carbocycles. The van der Waals surface area contributed by atoms with Crippen LogP contribution in [0.25, 0.3) is 0 Å². The van der Waals surface area contributed by atoms with Crippen LogP contribution in [-0.4, -0.2) is 11.8 Å². The average Bonchev–Trinajstić information content (AvgIpc) is 3.30. The van der Waals surface area contributed by atoms with Gasteiger partial charge in [0.25, 0.3) is 0 Å². The van der Waals surface area contributed by atoms with Crippen LogP contribution < -0.4 is 4.90 Å². The van der Waals surface area contributed by atoms with Crippen molar-refractivity contribution in [3.8, 4) is 0 Å². The van der Waals surface area contributed by atoms with Gasteiger partial charge in [0.2, 0.25) is 11.8 Å². The van der Waals surface area contributed by atoms with E-state index in [1.807, 2.05) is 18.2 Å². The Hall–Kier alpha value is -1.84. The van der Waals surface area contributed by atoms with E-state index in [4.69, 9.17) is 23.2 Å². The molecule has 2 bridgehead atoms. The fourth-order valence-corrected chi connectivity index (χ4v) is 5.71. The number of hydrogen-bond acceptors (Lipinski definition) is 2. The second-order valence-corrected chi connectivity index (χ2v) is 8.39. The third-order valence-corrected chi connectivity index (χ3v) is 7.14. The maximum Gasteiger partial charge on any atom is 0.237 e. The maximum absolute atomic E-state index is 13.2. The molecule has 3 nitrogen and oxygen atoms in total. The molecule has 0 radical (unpaired) electrons. The Balaban J connectivity index is 1.50. The van der Waals surface area contributed by atoms with Crippen LogP contribution in [0.4, 0.5) is 5.69 Å². The highest BCUT2D eigenvalue weighted by atomic mass is 35.5. The Morgan fingerprint density at radius 3 is 2.31 bits per heavy atom. The lowest BCUT2D eigenvalue weighted by atomic mass is 9.73. The van der Waals surface area contributed by atoms with E-state index in [-0.39, 0.29) is 29.6 Å². The maximum atomic E-state index is 13.2. The van der Waals surface area contributed by atoms with Gasteiger partial charge in [-0.3, -0.25) is 9.59 Å². The Bertz CT molecular complexity index is 913. The minimum atomic E-state index is -0.207. The topological polar surface area (TPSA) is 37.4 Å². The van der Waals surface area contributed by atoms with Crippen molar-refractivity contribution in [3.63, 3.8) is 0 Å². The molecule has 0 N–H and O–H groups in total. The van der Waals surface area contributed by atoms with E-state index >= 15 is 0 Å². The highest BCUT2D eigenvalue weighted by molar-refractivity contribution is 6.42. The summed E-state index contributed by atoms with van der Waals surface area (Å²) < 4.78 is 0. The van der Waals surface area contributed by atoms with Crippen molar-refractivity contribution in [1.82, 2.24) is 0 Å². The van der Waals surface area contributed by atoms with Crippen LogP contribution in [0.3, 0.4) is 0 Å². The van der Waals surface area contributed by atoms with E-state index in [1.54, 1.807) is 18.2 Å². The standard InChI is InChI=1S/C21H17Cl2NO2/c22-16-7-6-13(10-17(16)23)24-20(25)18-12-8-14(11-4-2-1-3-5-11)15(9-12)19(18)21(24)26/h1-7,10,12,14-15,18-19H,8-9H2/t12-,14+,15-,18-,19+/m0/s1. The van der Waals surface area contributed by atoms with Gasteiger partial charge < -0.3 is 0 Å². The molecule has 5 atom stereocenters. The molecule has 1 saturated heterocycles. The first kappa shape index (κ1) is 16.3. The number of fused-ring (bicyclic) bond motifs is 5. The Kier molecular flexibility index (Phi) is 3.67. The quantitative estimate of drug-likeness (QED) is 0.687. The summed E-state index contributed by atoms with van der Waals surface area (Å²) in [6.07, 6.45) is 1.96. The van der Waals surface area contributed by atoms with Crippen molar-refractivity contribution in [2.75, 3.05) is 4.90 Å². The summed E-state index contributed by atoms with van der Waals surface area (Å²) >= 11 is 12.1. The molecule has 5 rings (SSSR count). The smallest absolute Gasteiger partial charge is 0.237 e. The van der Waals surface area contributed by atoms with Crippen LogP contribution in [0, 0.1) is 23.7 Å². The molecule has 0 aromatic heterocycles. The lowest BCUT2D eigenvalue weighted by Gasteiger charge is -2.28. The zero-order valence-corrected chi connectivity index (χ0v) is 15.5. The molecule has 5 heteroatoms. The molecular formula is C21H17Cl2NO2. The van der Waals surface area contributed by atoms with Gasteiger partial charge in [-0.25, -0.2) is 4.90 Å². The second kappa shape index (κ2) is 5.83. The number of halogens is 2. The summed E-state index contributed by atoms with van der Waals surface area (Å²) in [5.41, 5.74) is 1.81. The first-order valence-corrected chi connectivity index (χ1v) is 9.69. The summed E-state index contributed by atoms with van der Waals surface area (Å²) in [6.45, 7) is 0. The van der Waals surface area contributed by atoms with E-state index < -0.39 is 0 Å². The molecule has 1 heterocycles. The number of hydrogen-bond donors (Lipinski definition) is 0. The number of rotatable bonds is 2. The average molecular weight is 386 g/mol. The summed E-state index contributed by atoms with van der Waals surface area (Å²) in [5, 5.41) is 0.769. The van der Waals surface area contributed by atoms with Crippen molar-refractivity contribution >= 4 is 40.7 Å². The van der Waals surface area contributed by atoms with Crippen molar-refractivity contribution in [1.29, 1.82) is 0 Å². The van der Waals surface area contributed by atoms with Crippen LogP contribution >= 0.6 is 23.2 Å². The van der Waals surface area contributed by atoms with Gasteiger partial charge in [0.15, 0.2) is 0 Å². The highest BCUT2D eigenvalue weighted by Gasteiger charge is 2.64. The Labute approximate surface area is 161 Å². The number of nitrogens with zero attached hydrogens (tertiary/aromatic N) is 1. The summed E-state index contributed by atoms with van der Waals surface area (Å²) in [5.74, 6) is 0.371. The van der Waals surface area contributed by atoms with Crippen molar-refractivity contribution < 1.29 is 9.59 Å². The normalized spacial score (nSPS) is 32.4. The third kappa shape index (κ3) is 2.20. The molecule has 0 unspecified atom stereocenters. The van der Waals surface area contributed by atoms with Crippen molar-refractivity contribution in [3.05, 3.63) is 64.1 Å². The third-order valence-electron chi connectivity index (χ3n) is 6.40. The predicted molar refractivity (Wildman–Crippen MR) is 101 cm³/mol. The minimum absolute atomic E-state index is 0.0719. The SMILES string of the molecule is O=C1[C@@H]2[C@H]3C[C@H](C[C@@H]3c3ccccc3)[C@@H]2C(=O)N1c1ccc(Cl)c(Cl)c1. The van der Waals surface area contributed by atoms with Crippen LogP contribution in [0.1, 0.15) is 24.3 Å². The summed E-state index contributed by atoms with van der Waals surface area (Å²) in [4.78, 5) is 27.6. The molecular weight excluding hydrogens is 369 g/mol. The zero-order chi connectivity index (χ0) is 18.0. The zero-order valence-electron chi connectivity index (χ0n) is 13.9. The number of benzene rings is 2. The molecule has 2 saturated carbocycles. The number of amides is 2. The monoisotopic (exact) mass is 385 g/mol. The van der Waals surface area contributed by atoms with Gasteiger partial charge in [0.05, 0.1) is 27.6 Å². The van der Waals surface area contributed by atoms with Crippen LogP contribution in [0.15, 0.2) is 48.5 Å². The van der Waals surface area contributed by atoms with Crippen LogP contribution in [-0.2, 0) is 9.59 Å². The van der Waals surface area contributed by atoms with E-state index in [1.165, 1.54) is 10.5 Å². The molecule has 26 heavy (non-hydrogen) atoms. The molecule has 1 aliphatic heterocycles. The van der Waals surface area contributed by atoms with Gasteiger partial charge in [-0.05, 0) is 54.4 Å². The number of carbonyl (C=O) groups is 2. The molecule has 0 spiro atoms. The highest BCUT2D eigenvalue weighted by Crippen LogP contribution is 2.61. The summed E-state index contributed by atoms with van der Waals surface area (Å²) in [6, 6.07) is 15.3. The second-order valence-electron chi connectivity index (χ2n) is 7.57. The molecule has 3 aliphatic rings. The van der Waals surface area contributed by atoms with Gasteiger partial charge in [0.1, 0.15) is 0 Å². The predicted octanol–water partition coefficient (Wildman–Crippen LogP) is 4.92. The van der Waals surface area contributed by atoms with Crippen molar-refractivity contribution in [2.45, 2.75) is 18.8 Å². The van der Waals surface area contributed by atoms with Gasteiger partial charge in [-0.1, -0.05) is 53.5 Å². The number of imide groups is 1.